The molecule has 1 aromatic heterocycles. The van der Waals surface area contributed by atoms with Crippen LogP contribution in [0.3, 0.4) is 0 Å². The van der Waals surface area contributed by atoms with Crippen LogP contribution in [0.2, 0.25) is 0 Å². The van der Waals surface area contributed by atoms with E-state index in [1.165, 1.54) is 12.4 Å². The van der Waals surface area contributed by atoms with Crippen molar-refractivity contribution in [2.45, 2.75) is 56.0 Å². The number of benzene rings is 1. The van der Waals surface area contributed by atoms with E-state index in [0.717, 1.165) is 37.9 Å². The van der Waals surface area contributed by atoms with E-state index < -0.39 is 41.7 Å². The zero-order valence-electron chi connectivity index (χ0n) is 18.4. The lowest BCUT2D eigenvalue weighted by atomic mass is 9.96. The van der Waals surface area contributed by atoms with Crippen molar-refractivity contribution in [1.29, 1.82) is 0 Å². The van der Waals surface area contributed by atoms with Gasteiger partial charge in [0.1, 0.15) is 0 Å². The molecule has 5 rings (SSSR count). The second kappa shape index (κ2) is 8.48. The maximum Gasteiger partial charge on any atom is 0.255 e. The highest BCUT2D eigenvalue weighted by Gasteiger charge is 2.43. The van der Waals surface area contributed by atoms with Crippen LogP contribution >= 0.6 is 0 Å². The Morgan fingerprint density at radius 3 is 2.53 bits per heavy atom. The van der Waals surface area contributed by atoms with Gasteiger partial charge in [-0.25, -0.2) is 22.0 Å². The Morgan fingerprint density at radius 2 is 1.88 bits per heavy atom. The molecule has 2 aromatic rings. The summed E-state index contributed by atoms with van der Waals surface area (Å²) in [6, 6.07) is 1.07. The van der Waals surface area contributed by atoms with Gasteiger partial charge >= 0.3 is 0 Å². The Morgan fingerprint density at radius 1 is 1.12 bits per heavy atom. The summed E-state index contributed by atoms with van der Waals surface area (Å²) < 4.78 is 69.1. The van der Waals surface area contributed by atoms with Crippen molar-refractivity contribution in [3.05, 3.63) is 47.5 Å². The smallest absolute Gasteiger partial charge is 0.255 e. The van der Waals surface area contributed by atoms with Crippen LogP contribution in [-0.2, 0) is 0 Å². The minimum atomic E-state index is -2.82. The van der Waals surface area contributed by atoms with Crippen LogP contribution in [0.25, 0.3) is 11.1 Å². The van der Waals surface area contributed by atoms with Crippen LogP contribution in [-0.4, -0.2) is 48.0 Å². The molecular weight excluding hydrogens is 455 g/mol. The van der Waals surface area contributed by atoms with E-state index in [2.05, 4.69) is 15.6 Å². The number of nitrogens with zero attached hydrogens (tertiary/aromatic N) is 2. The quantitative estimate of drug-likeness (QED) is 0.503. The SMILES string of the molecule is O=C(N[C@@H]1CCC(F)(F)C1)c1cncc(-c2cc(F)c(F)c(F)c2)c1N1CCC2(CCCN2)C1. The molecule has 3 aliphatic rings. The molecule has 0 radical (unpaired) electrons. The van der Waals surface area contributed by atoms with E-state index in [1.54, 1.807) is 0 Å². The molecule has 1 saturated carbocycles. The Bertz CT molecular complexity index is 1100. The summed E-state index contributed by atoms with van der Waals surface area (Å²) in [5.41, 5.74) is 0.737. The first-order valence-corrected chi connectivity index (χ1v) is 11.5. The molecule has 3 heterocycles. The highest BCUT2D eigenvalue weighted by Crippen LogP contribution is 2.41. The van der Waals surface area contributed by atoms with E-state index in [9.17, 15) is 26.7 Å². The summed E-state index contributed by atoms with van der Waals surface area (Å²) in [6.07, 6.45) is 4.95. The summed E-state index contributed by atoms with van der Waals surface area (Å²) in [7, 11) is 0. The van der Waals surface area contributed by atoms with E-state index in [1.807, 2.05) is 4.90 Å². The molecule has 2 N–H and O–H groups in total. The maximum absolute atomic E-state index is 14.1. The van der Waals surface area contributed by atoms with Crippen molar-refractivity contribution in [3.8, 4) is 11.1 Å². The van der Waals surface area contributed by atoms with E-state index >= 15 is 0 Å². The molecule has 182 valence electrons. The van der Waals surface area contributed by atoms with Crippen molar-refractivity contribution in [3.63, 3.8) is 0 Å². The standard InChI is InChI=1S/C24H25F5N4O/c25-18-8-14(9-19(26)20(18)27)16-11-30-12-17(22(34)32-15-2-4-24(28,29)10-15)21(16)33-7-5-23(13-33)3-1-6-31-23/h8-9,11-12,15,31H,1-7,10,13H2,(H,32,34)/t15-,23?/m1/s1. The van der Waals surface area contributed by atoms with E-state index in [4.69, 9.17) is 0 Å². The van der Waals surface area contributed by atoms with Crippen LogP contribution in [0.5, 0.6) is 0 Å². The molecule has 34 heavy (non-hydrogen) atoms. The first-order valence-electron chi connectivity index (χ1n) is 11.5. The number of rotatable bonds is 4. The Hall–Kier alpha value is -2.75. The molecule has 1 unspecified atom stereocenters. The van der Waals surface area contributed by atoms with Gasteiger partial charge in [0.25, 0.3) is 5.91 Å². The molecular formula is C24H25F5N4O. The molecule has 1 spiro atoms. The van der Waals surface area contributed by atoms with Gasteiger partial charge in [0.05, 0.1) is 11.3 Å². The Balaban J connectivity index is 1.55. The summed E-state index contributed by atoms with van der Waals surface area (Å²) >= 11 is 0. The molecule has 1 aromatic carbocycles. The number of carbonyl (C=O) groups is 1. The zero-order valence-corrected chi connectivity index (χ0v) is 18.4. The predicted molar refractivity (Wildman–Crippen MR) is 116 cm³/mol. The van der Waals surface area contributed by atoms with Gasteiger partial charge in [0.2, 0.25) is 5.92 Å². The number of pyridine rings is 1. The van der Waals surface area contributed by atoms with Crippen molar-refractivity contribution in [2.24, 2.45) is 0 Å². The number of nitrogens with one attached hydrogen (secondary N) is 2. The second-order valence-corrected chi connectivity index (χ2v) is 9.59. The summed E-state index contributed by atoms with van der Waals surface area (Å²) in [6.45, 7) is 2.03. The van der Waals surface area contributed by atoms with E-state index in [0.29, 0.717) is 18.8 Å². The van der Waals surface area contributed by atoms with Crippen LogP contribution in [0, 0.1) is 17.5 Å². The van der Waals surface area contributed by atoms with Crippen molar-refractivity contribution < 1.29 is 26.7 Å². The number of halogens is 5. The molecule has 1 amide bonds. The molecule has 2 aliphatic heterocycles. The average molecular weight is 480 g/mol. The number of hydrogen-bond acceptors (Lipinski definition) is 4. The highest BCUT2D eigenvalue weighted by molar-refractivity contribution is 6.03. The predicted octanol–water partition coefficient (Wildman–Crippen LogP) is 4.42. The molecule has 3 fully saturated rings. The highest BCUT2D eigenvalue weighted by atomic mass is 19.3. The Kier molecular flexibility index (Phi) is 5.74. The van der Waals surface area contributed by atoms with Gasteiger partial charge in [0.15, 0.2) is 17.5 Å². The third-order valence-corrected chi connectivity index (χ3v) is 7.20. The summed E-state index contributed by atoms with van der Waals surface area (Å²) in [4.78, 5) is 19.3. The van der Waals surface area contributed by atoms with Crippen molar-refractivity contribution in [1.82, 2.24) is 15.6 Å². The minimum Gasteiger partial charge on any atom is -0.368 e. The topological polar surface area (TPSA) is 57.3 Å². The number of alkyl halides is 2. The van der Waals surface area contributed by atoms with Crippen LogP contribution in [0.15, 0.2) is 24.5 Å². The van der Waals surface area contributed by atoms with Gasteiger partial charge in [-0.05, 0) is 49.9 Å². The number of aromatic nitrogens is 1. The van der Waals surface area contributed by atoms with Crippen LogP contribution in [0.1, 0.15) is 48.9 Å². The second-order valence-electron chi connectivity index (χ2n) is 9.59. The van der Waals surface area contributed by atoms with Crippen molar-refractivity contribution >= 4 is 11.6 Å². The fourth-order valence-corrected chi connectivity index (χ4v) is 5.50. The molecule has 2 atom stereocenters. The average Bonchev–Trinajstić information content (AvgIpc) is 3.52. The van der Waals surface area contributed by atoms with Gasteiger partial charge in [-0.3, -0.25) is 9.78 Å². The van der Waals surface area contributed by atoms with Gasteiger partial charge in [-0.2, -0.15) is 0 Å². The summed E-state index contributed by atoms with van der Waals surface area (Å²) in [5.74, 6) is -7.67. The largest absolute Gasteiger partial charge is 0.368 e. The van der Waals surface area contributed by atoms with Crippen LogP contribution in [0.4, 0.5) is 27.6 Å². The molecule has 10 heteroatoms. The maximum atomic E-state index is 14.1. The molecule has 1 aliphatic carbocycles. The normalized spacial score (nSPS) is 25.9. The molecule has 2 saturated heterocycles. The van der Waals surface area contributed by atoms with Gasteiger partial charge in [-0.15, -0.1) is 0 Å². The Labute approximate surface area is 193 Å². The van der Waals surface area contributed by atoms with E-state index in [-0.39, 0.29) is 35.1 Å². The lowest BCUT2D eigenvalue weighted by molar-refractivity contribution is 0.00711. The third kappa shape index (κ3) is 4.23. The molecule has 0 bridgehead atoms. The van der Waals surface area contributed by atoms with Gasteiger partial charge in [-0.1, -0.05) is 0 Å². The number of carbonyl (C=O) groups excluding carboxylic acids is 1. The zero-order chi connectivity index (χ0) is 24.1. The third-order valence-electron chi connectivity index (χ3n) is 7.20. The number of hydrogen-bond donors (Lipinski definition) is 2. The van der Waals surface area contributed by atoms with Gasteiger partial charge < -0.3 is 15.5 Å². The number of anilines is 1. The monoisotopic (exact) mass is 480 g/mol. The summed E-state index contributed by atoms with van der Waals surface area (Å²) in [5, 5.41) is 6.20. The minimum absolute atomic E-state index is 0.0429. The lowest BCUT2D eigenvalue weighted by Crippen LogP contribution is -2.43. The lowest BCUT2D eigenvalue weighted by Gasteiger charge is -2.28. The first kappa shape index (κ1) is 23.0. The van der Waals surface area contributed by atoms with Gasteiger partial charge in [0, 0.05) is 55.5 Å². The van der Waals surface area contributed by atoms with Crippen molar-refractivity contribution in [2.75, 3.05) is 24.5 Å². The first-order chi connectivity index (χ1) is 16.2. The van der Waals surface area contributed by atoms with Crippen LogP contribution < -0.4 is 15.5 Å². The molecule has 5 nitrogen and oxygen atoms in total. The fourth-order valence-electron chi connectivity index (χ4n) is 5.50. The number of amides is 1. The fraction of sp³-hybridized carbons (Fsp3) is 0.500.